The van der Waals surface area contributed by atoms with E-state index < -0.39 is 0 Å². The average molecular weight is 310 g/mol. The van der Waals surface area contributed by atoms with E-state index in [9.17, 15) is 4.79 Å². The predicted molar refractivity (Wildman–Crippen MR) is 80.1 cm³/mol. The van der Waals surface area contributed by atoms with Crippen LogP contribution in [-0.2, 0) is 0 Å². The Morgan fingerprint density at radius 2 is 2.26 bits per heavy atom. The van der Waals surface area contributed by atoms with Gasteiger partial charge in [0.25, 0.3) is 5.56 Å². The molecule has 3 rings (SSSR count). The molecule has 0 radical (unpaired) electrons. The van der Waals surface area contributed by atoms with Crippen molar-refractivity contribution in [1.29, 1.82) is 0 Å². The maximum Gasteiger partial charge on any atom is 0.277 e. The molecule has 3 heterocycles. The van der Waals surface area contributed by atoms with Crippen molar-refractivity contribution in [1.82, 2.24) is 14.4 Å². The van der Waals surface area contributed by atoms with Gasteiger partial charge in [0.15, 0.2) is 4.96 Å². The van der Waals surface area contributed by atoms with Crippen LogP contribution in [0.4, 0.5) is 0 Å². The smallest absolute Gasteiger partial charge is 0.267 e. The summed E-state index contributed by atoms with van der Waals surface area (Å²) < 4.78 is 1.45. The van der Waals surface area contributed by atoms with Gasteiger partial charge >= 0.3 is 0 Å². The van der Waals surface area contributed by atoms with E-state index in [2.05, 4.69) is 9.97 Å². The van der Waals surface area contributed by atoms with Gasteiger partial charge in [-0.2, -0.15) is 0 Å². The van der Waals surface area contributed by atoms with Gasteiger partial charge in [0.2, 0.25) is 0 Å². The summed E-state index contributed by atoms with van der Waals surface area (Å²) in [5.74, 6) is 0. The van der Waals surface area contributed by atoms with E-state index in [1.54, 1.807) is 35.2 Å². The van der Waals surface area contributed by atoms with E-state index in [0.717, 1.165) is 9.88 Å². The quantitative estimate of drug-likeness (QED) is 0.729. The average Bonchev–Trinajstić information content (AvgIpc) is 3.01. The molecule has 0 aromatic carbocycles. The van der Waals surface area contributed by atoms with Gasteiger partial charge in [-0.25, -0.2) is 9.97 Å². The highest BCUT2D eigenvalue weighted by Crippen LogP contribution is 2.18. The first-order valence-electron chi connectivity index (χ1n) is 5.41. The van der Waals surface area contributed by atoms with Crippen molar-refractivity contribution in [2.75, 3.05) is 0 Å². The van der Waals surface area contributed by atoms with Gasteiger partial charge in [0.05, 0.1) is 10.7 Å². The largest absolute Gasteiger partial charge is 0.277 e. The second kappa shape index (κ2) is 4.88. The minimum absolute atomic E-state index is 0.133. The van der Waals surface area contributed by atoms with Gasteiger partial charge in [0, 0.05) is 22.7 Å². The number of aromatic nitrogens is 3. The van der Waals surface area contributed by atoms with Crippen molar-refractivity contribution in [2.45, 2.75) is 6.92 Å². The van der Waals surface area contributed by atoms with Gasteiger partial charge in [-0.1, -0.05) is 11.6 Å². The standard InChI is InChI=1S/C12H8ClN3OS2/c1-7-14-6-8(19-7)2-3-9-10(13)11(17)16-4-5-18-12(16)15-9/h2-6H,1H3/b3-2+. The van der Waals surface area contributed by atoms with E-state index in [1.807, 2.05) is 13.0 Å². The van der Waals surface area contributed by atoms with Crippen LogP contribution in [0.1, 0.15) is 15.6 Å². The fourth-order valence-electron chi connectivity index (χ4n) is 1.60. The summed E-state index contributed by atoms with van der Waals surface area (Å²) in [6, 6.07) is 0. The number of aryl methyl sites for hydroxylation is 1. The zero-order valence-corrected chi connectivity index (χ0v) is 12.2. The van der Waals surface area contributed by atoms with Crippen LogP contribution in [0.5, 0.6) is 0 Å². The highest BCUT2D eigenvalue weighted by molar-refractivity contribution is 7.15. The Labute approximate surface area is 121 Å². The van der Waals surface area contributed by atoms with Crippen LogP contribution in [0.2, 0.25) is 5.02 Å². The number of rotatable bonds is 2. The molecule has 4 nitrogen and oxygen atoms in total. The summed E-state index contributed by atoms with van der Waals surface area (Å²) in [6.45, 7) is 1.94. The monoisotopic (exact) mass is 309 g/mol. The topological polar surface area (TPSA) is 47.3 Å². The van der Waals surface area contributed by atoms with E-state index in [1.165, 1.54) is 15.7 Å². The Bertz CT molecular complexity index is 831. The van der Waals surface area contributed by atoms with Crippen molar-refractivity contribution < 1.29 is 0 Å². The normalized spacial score (nSPS) is 11.7. The summed E-state index contributed by atoms with van der Waals surface area (Å²) in [7, 11) is 0. The van der Waals surface area contributed by atoms with E-state index >= 15 is 0 Å². The Hall–Kier alpha value is -1.50. The third-order valence-corrected chi connectivity index (χ3v) is 4.47. The summed E-state index contributed by atoms with van der Waals surface area (Å²) in [5.41, 5.74) is 0.244. The lowest BCUT2D eigenvalue weighted by atomic mass is 10.3. The number of hydrogen-bond acceptors (Lipinski definition) is 5. The van der Waals surface area contributed by atoms with Gasteiger partial charge < -0.3 is 0 Å². The lowest BCUT2D eigenvalue weighted by molar-refractivity contribution is 1.07. The van der Waals surface area contributed by atoms with Crippen molar-refractivity contribution in [3.8, 4) is 0 Å². The highest BCUT2D eigenvalue weighted by atomic mass is 35.5. The Morgan fingerprint density at radius 1 is 1.42 bits per heavy atom. The molecule has 7 heteroatoms. The molecule has 0 aliphatic rings. The molecule has 0 aliphatic carbocycles. The van der Waals surface area contributed by atoms with Crippen molar-refractivity contribution in [2.24, 2.45) is 0 Å². The molecule has 19 heavy (non-hydrogen) atoms. The van der Waals surface area contributed by atoms with Crippen LogP contribution in [0.25, 0.3) is 17.1 Å². The van der Waals surface area contributed by atoms with Crippen LogP contribution in [0, 0.1) is 6.92 Å². The maximum absolute atomic E-state index is 12.0. The first-order chi connectivity index (χ1) is 9.15. The minimum Gasteiger partial charge on any atom is -0.267 e. The molecule has 0 unspecified atom stereocenters. The molecule has 3 aromatic rings. The molecule has 0 atom stereocenters. The first kappa shape index (κ1) is 12.5. The van der Waals surface area contributed by atoms with Gasteiger partial charge in [0.1, 0.15) is 5.02 Å². The molecular formula is C12H8ClN3OS2. The number of hydrogen-bond donors (Lipinski definition) is 0. The molecule has 0 aliphatic heterocycles. The fourth-order valence-corrected chi connectivity index (χ4v) is 3.20. The molecule has 0 N–H and O–H groups in total. The molecule has 3 aromatic heterocycles. The molecule has 96 valence electrons. The molecule has 0 bridgehead atoms. The zero-order chi connectivity index (χ0) is 13.4. The van der Waals surface area contributed by atoms with Crippen LogP contribution < -0.4 is 5.56 Å². The third kappa shape index (κ3) is 2.34. The van der Waals surface area contributed by atoms with Crippen LogP contribution >= 0.6 is 34.3 Å². The van der Waals surface area contributed by atoms with Crippen LogP contribution in [0.15, 0.2) is 22.6 Å². The lowest BCUT2D eigenvalue weighted by Crippen LogP contribution is -2.14. The maximum atomic E-state index is 12.0. The number of nitrogens with zero attached hydrogens (tertiary/aromatic N) is 3. The Morgan fingerprint density at radius 3 is 3.00 bits per heavy atom. The van der Waals surface area contributed by atoms with Crippen molar-refractivity contribution in [3.63, 3.8) is 0 Å². The summed E-state index contributed by atoms with van der Waals surface area (Å²) in [5, 5.41) is 2.93. The van der Waals surface area contributed by atoms with E-state index in [0.29, 0.717) is 10.7 Å². The van der Waals surface area contributed by atoms with Crippen molar-refractivity contribution >= 4 is 51.4 Å². The summed E-state index contributed by atoms with van der Waals surface area (Å²) >= 11 is 9.02. The molecule has 0 fully saturated rings. The predicted octanol–water partition coefficient (Wildman–Crippen LogP) is 3.34. The van der Waals surface area contributed by atoms with Gasteiger partial charge in [-0.05, 0) is 19.1 Å². The summed E-state index contributed by atoms with van der Waals surface area (Å²) in [6.07, 6.45) is 7.06. The van der Waals surface area contributed by atoms with Gasteiger partial charge in [-0.3, -0.25) is 9.20 Å². The minimum atomic E-state index is -0.243. The van der Waals surface area contributed by atoms with Crippen molar-refractivity contribution in [3.05, 3.63) is 48.7 Å². The van der Waals surface area contributed by atoms with Crippen LogP contribution in [0.3, 0.4) is 0 Å². The SMILES string of the molecule is Cc1ncc(/C=C/c2nc3sccn3c(=O)c2Cl)s1. The fraction of sp³-hybridized carbons (Fsp3) is 0.0833. The first-order valence-corrected chi connectivity index (χ1v) is 7.48. The molecule has 0 amide bonds. The molecular weight excluding hydrogens is 302 g/mol. The van der Waals surface area contributed by atoms with E-state index in [-0.39, 0.29) is 10.6 Å². The highest BCUT2D eigenvalue weighted by Gasteiger charge is 2.09. The second-order valence-electron chi connectivity index (χ2n) is 3.79. The van der Waals surface area contributed by atoms with Crippen LogP contribution in [-0.4, -0.2) is 14.4 Å². The number of halogens is 1. The Balaban J connectivity index is 2.07. The lowest BCUT2D eigenvalue weighted by Gasteiger charge is -1.98. The number of fused-ring (bicyclic) bond motifs is 1. The Kier molecular flexibility index (Phi) is 3.22. The van der Waals surface area contributed by atoms with E-state index in [4.69, 9.17) is 11.6 Å². The third-order valence-electron chi connectivity index (χ3n) is 2.48. The van der Waals surface area contributed by atoms with Gasteiger partial charge in [-0.15, -0.1) is 22.7 Å². The number of thiazole rings is 2. The zero-order valence-electron chi connectivity index (χ0n) is 9.83. The summed E-state index contributed by atoms with van der Waals surface area (Å²) in [4.78, 5) is 22.1. The second-order valence-corrected chi connectivity index (χ2v) is 6.30. The molecule has 0 spiro atoms. The molecule has 0 saturated heterocycles. The molecule has 0 saturated carbocycles.